The van der Waals surface area contributed by atoms with Crippen molar-refractivity contribution in [2.24, 2.45) is 0 Å². The fourth-order valence-electron chi connectivity index (χ4n) is 3.37. The summed E-state index contributed by atoms with van der Waals surface area (Å²) >= 11 is 0. The maximum Gasteiger partial charge on any atom is 0.251 e. The van der Waals surface area contributed by atoms with E-state index in [-0.39, 0.29) is 24.2 Å². The Morgan fingerprint density at radius 1 is 1.18 bits per heavy atom. The smallest absolute Gasteiger partial charge is 0.251 e. The van der Waals surface area contributed by atoms with Gasteiger partial charge in [-0.05, 0) is 56.5 Å². The van der Waals surface area contributed by atoms with Crippen molar-refractivity contribution in [2.45, 2.75) is 32.7 Å². The van der Waals surface area contributed by atoms with E-state index in [1.807, 2.05) is 24.8 Å². The Balaban J connectivity index is 1.77. The monoisotopic (exact) mass is 387 g/mol. The number of fused-ring (bicyclic) bond motifs is 1. The summed E-state index contributed by atoms with van der Waals surface area (Å²) in [7, 11) is 0. The summed E-state index contributed by atoms with van der Waals surface area (Å²) in [4.78, 5) is 26.8. The number of amides is 2. The van der Waals surface area contributed by atoms with Crippen LogP contribution in [0.2, 0.25) is 0 Å². The third kappa shape index (κ3) is 4.47. The zero-order valence-electron chi connectivity index (χ0n) is 15.9. The third-order valence-corrected chi connectivity index (χ3v) is 4.55. The number of benzene rings is 2. The molecule has 5 nitrogen and oxygen atoms in total. The van der Waals surface area contributed by atoms with Crippen LogP contribution in [0.1, 0.15) is 36.2 Å². The summed E-state index contributed by atoms with van der Waals surface area (Å²) in [5.74, 6) is -2.06. The Morgan fingerprint density at radius 3 is 2.68 bits per heavy atom. The number of nitrogens with one attached hydrogen (secondary N) is 2. The van der Waals surface area contributed by atoms with Crippen LogP contribution in [0.25, 0.3) is 0 Å². The summed E-state index contributed by atoms with van der Waals surface area (Å²) in [5, 5.41) is 5.38. The molecule has 28 heavy (non-hydrogen) atoms. The van der Waals surface area contributed by atoms with Gasteiger partial charge in [0.05, 0.1) is 12.2 Å². The molecule has 0 radical (unpaired) electrons. The number of anilines is 2. The Labute approximate surface area is 162 Å². The molecule has 0 atom stereocenters. The molecule has 7 heteroatoms. The van der Waals surface area contributed by atoms with Crippen LogP contribution in [-0.2, 0) is 11.2 Å². The summed E-state index contributed by atoms with van der Waals surface area (Å²) in [6.07, 6.45) is 1.55. The first-order chi connectivity index (χ1) is 13.3. The van der Waals surface area contributed by atoms with Gasteiger partial charge >= 0.3 is 0 Å². The van der Waals surface area contributed by atoms with Crippen molar-refractivity contribution in [3.63, 3.8) is 0 Å². The molecule has 0 aliphatic carbocycles. The van der Waals surface area contributed by atoms with Crippen LogP contribution in [0.4, 0.5) is 20.2 Å². The molecule has 2 N–H and O–H groups in total. The van der Waals surface area contributed by atoms with Gasteiger partial charge in [-0.25, -0.2) is 8.78 Å². The Morgan fingerprint density at radius 2 is 1.96 bits per heavy atom. The Bertz CT molecular complexity index is 899. The van der Waals surface area contributed by atoms with Crippen LogP contribution in [0.15, 0.2) is 36.4 Å². The van der Waals surface area contributed by atoms with E-state index in [9.17, 15) is 18.4 Å². The predicted octanol–water partition coefficient (Wildman–Crippen LogP) is 3.49. The van der Waals surface area contributed by atoms with E-state index in [4.69, 9.17) is 0 Å². The molecule has 2 amide bonds. The SMILES string of the molecule is CC(C)NC(=O)c1cccc2c1CCCN2CC(=O)Nc1ccc(F)cc1F. The van der Waals surface area contributed by atoms with Crippen molar-refractivity contribution < 1.29 is 18.4 Å². The molecule has 0 fully saturated rings. The van der Waals surface area contributed by atoms with Gasteiger partial charge in [0, 0.05) is 29.9 Å². The number of nitrogens with zero attached hydrogens (tertiary/aromatic N) is 1. The topological polar surface area (TPSA) is 61.4 Å². The first kappa shape index (κ1) is 19.8. The molecular weight excluding hydrogens is 364 g/mol. The second kappa shape index (κ2) is 8.37. The van der Waals surface area contributed by atoms with Gasteiger partial charge in [-0.1, -0.05) is 6.07 Å². The molecule has 0 saturated heterocycles. The van der Waals surface area contributed by atoms with E-state index >= 15 is 0 Å². The highest BCUT2D eigenvalue weighted by Crippen LogP contribution is 2.30. The first-order valence-electron chi connectivity index (χ1n) is 9.27. The van der Waals surface area contributed by atoms with Gasteiger partial charge in [0.25, 0.3) is 5.91 Å². The lowest BCUT2D eigenvalue weighted by atomic mass is 9.95. The number of carbonyl (C=O) groups is 2. The van der Waals surface area contributed by atoms with Crippen LogP contribution in [0.3, 0.4) is 0 Å². The predicted molar refractivity (Wildman–Crippen MR) is 105 cm³/mol. The van der Waals surface area contributed by atoms with Crippen LogP contribution in [0.5, 0.6) is 0 Å². The van der Waals surface area contributed by atoms with Crippen molar-refractivity contribution in [2.75, 3.05) is 23.3 Å². The first-order valence-corrected chi connectivity index (χ1v) is 9.27. The van der Waals surface area contributed by atoms with E-state index in [2.05, 4.69) is 10.6 Å². The van der Waals surface area contributed by atoms with Gasteiger partial charge in [-0.15, -0.1) is 0 Å². The van der Waals surface area contributed by atoms with Gasteiger partial charge in [0.2, 0.25) is 5.91 Å². The minimum absolute atomic E-state index is 0.0130. The van der Waals surface area contributed by atoms with Gasteiger partial charge < -0.3 is 15.5 Å². The number of hydrogen-bond donors (Lipinski definition) is 2. The maximum absolute atomic E-state index is 13.8. The molecule has 148 valence electrons. The second-order valence-electron chi connectivity index (χ2n) is 7.13. The average molecular weight is 387 g/mol. The molecule has 0 aromatic heterocycles. The number of hydrogen-bond acceptors (Lipinski definition) is 3. The minimum atomic E-state index is -0.819. The minimum Gasteiger partial charge on any atom is -0.362 e. The van der Waals surface area contributed by atoms with Crippen LogP contribution in [0, 0.1) is 11.6 Å². The number of rotatable bonds is 5. The average Bonchev–Trinajstić information content (AvgIpc) is 2.63. The van der Waals surface area contributed by atoms with Crippen molar-refractivity contribution in [1.82, 2.24) is 5.32 Å². The molecule has 1 heterocycles. The van der Waals surface area contributed by atoms with Crippen LogP contribution < -0.4 is 15.5 Å². The lowest BCUT2D eigenvalue weighted by Gasteiger charge is -2.32. The highest BCUT2D eigenvalue weighted by atomic mass is 19.1. The van der Waals surface area contributed by atoms with Crippen molar-refractivity contribution in [1.29, 1.82) is 0 Å². The lowest BCUT2D eigenvalue weighted by molar-refractivity contribution is -0.115. The van der Waals surface area contributed by atoms with Crippen molar-refractivity contribution in [3.8, 4) is 0 Å². The molecule has 0 saturated carbocycles. The molecule has 0 unspecified atom stereocenters. The maximum atomic E-state index is 13.8. The summed E-state index contributed by atoms with van der Waals surface area (Å²) in [6, 6.07) is 8.50. The highest BCUT2D eigenvalue weighted by Gasteiger charge is 2.24. The normalized spacial score (nSPS) is 13.2. The molecule has 3 rings (SSSR count). The van der Waals surface area contributed by atoms with E-state index in [0.717, 1.165) is 36.2 Å². The largest absolute Gasteiger partial charge is 0.362 e. The Hall–Kier alpha value is -2.96. The quantitative estimate of drug-likeness (QED) is 0.826. The van der Waals surface area contributed by atoms with Crippen molar-refractivity contribution >= 4 is 23.2 Å². The van der Waals surface area contributed by atoms with Crippen molar-refractivity contribution in [3.05, 3.63) is 59.2 Å². The molecule has 2 aromatic rings. The van der Waals surface area contributed by atoms with Crippen LogP contribution >= 0.6 is 0 Å². The zero-order chi connectivity index (χ0) is 20.3. The van der Waals surface area contributed by atoms with E-state index in [1.165, 1.54) is 6.07 Å². The fraction of sp³-hybridized carbons (Fsp3) is 0.333. The summed E-state index contributed by atoms with van der Waals surface area (Å²) < 4.78 is 26.8. The lowest BCUT2D eigenvalue weighted by Crippen LogP contribution is -2.38. The molecular formula is C21H23F2N3O2. The summed E-state index contributed by atoms with van der Waals surface area (Å²) in [5.41, 5.74) is 2.29. The standard InChI is InChI=1S/C21H23F2N3O2/c1-13(2)24-21(28)16-5-3-7-19-15(16)6-4-10-26(19)12-20(27)25-18-9-8-14(22)11-17(18)23/h3,5,7-9,11,13H,4,6,10,12H2,1-2H3,(H,24,28)(H,25,27). The summed E-state index contributed by atoms with van der Waals surface area (Å²) in [6.45, 7) is 4.47. The third-order valence-electron chi connectivity index (χ3n) is 4.55. The molecule has 1 aliphatic rings. The number of halogens is 2. The second-order valence-corrected chi connectivity index (χ2v) is 7.13. The van der Waals surface area contributed by atoms with Gasteiger partial charge in [0.1, 0.15) is 11.6 Å². The van der Waals surface area contributed by atoms with E-state index in [1.54, 1.807) is 12.1 Å². The fourth-order valence-corrected chi connectivity index (χ4v) is 3.37. The Kier molecular flexibility index (Phi) is 5.92. The number of carbonyl (C=O) groups excluding carboxylic acids is 2. The highest BCUT2D eigenvalue weighted by molar-refractivity contribution is 5.98. The van der Waals surface area contributed by atoms with Gasteiger partial charge in [-0.3, -0.25) is 9.59 Å². The van der Waals surface area contributed by atoms with E-state index < -0.39 is 17.5 Å². The van der Waals surface area contributed by atoms with Gasteiger partial charge in [0.15, 0.2) is 0 Å². The molecule has 2 aromatic carbocycles. The van der Waals surface area contributed by atoms with E-state index in [0.29, 0.717) is 12.1 Å². The van der Waals surface area contributed by atoms with Crippen LogP contribution in [-0.4, -0.2) is 30.9 Å². The zero-order valence-corrected chi connectivity index (χ0v) is 15.9. The molecule has 0 spiro atoms. The molecule has 0 bridgehead atoms. The van der Waals surface area contributed by atoms with Gasteiger partial charge in [-0.2, -0.15) is 0 Å². The molecule has 1 aliphatic heterocycles.